The van der Waals surface area contributed by atoms with E-state index in [4.69, 9.17) is 5.73 Å². The van der Waals surface area contributed by atoms with E-state index in [2.05, 4.69) is 4.98 Å². The van der Waals surface area contributed by atoms with Gasteiger partial charge in [0.15, 0.2) is 5.03 Å². The van der Waals surface area contributed by atoms with Crippen molar-refractivity contribution in [2.24, 2.45) is 11.7 Å². The SMILES string of the molecule is CCn1cc(S(=O)(=O)N2CCC(C(C)N)C2)nc1C. The Morgan fingerprint density at radius 2 is 2.26 bits per heavy atom. The van der Waals surface area contributed by atoms with E-state index < -0.39 is 10.0 Å². The van der Waals surface area contributed by atoms with E-state index in [1.807, 2.05) is 25.3 Å². The number of aromatic nitrogens is 2. The third-order valence-corrected chi connectivity index (χ3v) is 5.57. The van der Waals surface area contributed by atoms with Crippen LogP contribution in [0.3, 0.4) is 0 Å². The fourth-order valence-electron chi connectivity index (χ4n) is 2.46. The quantitative estimate of drug-likeness (QED) is 0.877. The van der Waals surface area contributed by atoms with Crippen LogP contribution in [0.4, 0.5) is 0 Å². The number of aryl methyl sites for hydroxylation is 2. The van der Waals surface area contributed by atoms with Crippen molar-refractivity contribution in [3.8, 4) is 0 Å². The van der Waals surface area contributed by atoms with Gasteiger partial charge in [0.05, 0.1) is 0 Å². The predicted octanol–water partition coefficient (Wildman–Crippen LogP) is 0.569. The molecule has 1 fully saturated rings. The third-order valence-electron chi connectivity index (χ3n) is 3.83. The first-order valence-electron chi connectivity index (χ1n) is 6.65. The van der Waals surface area contributed by atoms with E-state index in [9.17, 15) is 8.42 Å². The summed E-state index contributed by atoms with van der Waals surface area (Å²) in [6, 6.07) is 0.0233. The smallest absolute Gasteiger partial charge is 0.262 e. The van der Waals surface area contributed by atoms with Crippen LogP contribution in [0.1, 0.15) is 26.1 Å². The lowest BCUT2D eigenvalue weighted by Crippen LogP contribution is -2.33. The van der Waals surface area contributed by atoms with Gasteiger partial charge >= 0.3 is 0 Å². The van der Waals surface area contributed by atoms with Gasteiger partial charge in [-0.05, 0) is 33.1 Å². The van der Waals surface area contributed by atoms with Crippen LogP contribution in [-0.2, 0) is 16.6 Å². The minimum absolute atomic E-state index is 0.0233. The Morgan fingerprint density at radius 1 is 1.58 bits per heavy atom. The van der Waals surface area contributed by atoms with Crippen molar-refractivity contribution < 1.29 is 8.42 Å². The fraction of sp³-hybridized carbons (Fsp3) is 0.750. The highest BCUT2D eigenvalue weighted by molar-refractivity contribution is 7.89. The summed E-state index contributed by atoms with van der Waals surface area (Å²) in [5.74, 6) is 0.966. The zero-order chi connectivity index (χ0) is 14.2. The molecule has 19 heavy (non-hydrogen) atoms. The highest BCUT2D eigenvalue weighted by atomic mass is 32.2. The molecule has 7 heteroatoms. The van der Waals surface area contributed by atoms with E-state index in [1.54, 1.807) is 6.20 Å². The molecule has 1 aliphatic rings. The Morgan fingerprint density at radius 3 is 2.74 bits per heavy atom. The number of nitrogens with two attached hydrogens (primary N) is 1. The molecule has 0 aliphatic carbocycles. The summed E-state index contributed by atoms with van der Waals surface area (Å²) in [6.45, 7) is 7.46. The van der Waals surface area contributed by atoms with Crippen molar-refractivity contribution in [3.05, 3.63) is 12.0 Å². The zero-order valence-corrected chi connectivity index (χ0v) is 12.5. The highest BCUT2D eigenvalue weighted by Crippen LogP contribution is 2.25. The average molecular weight is 286 g/mol. The van der Waals surface area contributed by atoms with Gasteiger partial charge in [-0.25, -0.2) is 13.4 Å². The highest BCUT2D eigenvalue weighted by Gasteiger charge is 2.35. The molecule has 0 saturated carbocycles. The molecule has 0 bridgehead atoms. The van der Waals surface area contributed by atoms with Gasteiger partial charge in [-0.1, -0.05) is 0 Å². The van der Waals surface area contributed by atoms with E-state index >= 15 is 0 Å². The van der Waals surface area contributed by atoms with Crippen molar-refractivity contribution >= 4 is 10.0 Å². The maximum atomic E-state index is 12.5. The molecule has 1 aromatic heterocycles. The van der Waals surface area contributed by atoms with Crippen molar-refractivity contribution in [2.75, 3.05) is 13.1 Å². The Hall–Kier alpha value is -0.920. The largest absolute Gasteiger partial charge is 0.334 e. The first kappa shape index (κ1) is 14.5. The van der Waals surface area contributed by atoms with Crippen LogP contribution in [0.2, 0.25) is 0 Å². The Bertz CT molecular complexity index is 550. The lowest BCUT2D eigenvalue weighted by Gasteiger charge is -2.16. The molecule has 1 aromatic rings. The van der Waals surface area contributed by atoms with E-state index in [0.717, 1.165) is 18.8 Å². The second-order valence-electron chi connectivity index (χ2n) is 5.18. The molecule has 2 N–H and O–H groups in total. The average Bonchev–Trinajstić information content (AvgIpc) is 2.95. The van der Waals surface area contributed by atoms with Crippen LogP contribution >= 0.6 is 0 Å². The number of sulfonamides is 1. The van der Waals surface area contributed by atoms with Crippen LogP contribution < -0.4 is 5.73 Å². The molecule has 2 heterocycles. The first-order valence-corrected chi connectivity index (χ1v) is 8.09. The fourth-order valence-corrected chi connectivity index (χ4v) is 3.96. The summed E-state index contributed by atoms with van der Waals surface area (Å²) in [6.07, 6.45) is 2.44. The Labute approximate surface area is 114 Å². The maximum Gasteiger partial charge on any atom is 0.262 e. The van der Waals surface area contributed by atoms with Crippen LogP contribution in [0.5, 0.6) is 0 Å². The van der Waals surface area contributed by atoms with E-state index in [1.165, 1.54) is 4.31 Å². The number of hydrogen-bond acceptors (Lipinski definition) is 4. The predicted molar refractivity (Wildman–Crippen MR) is 73.2 cm³/mol. The van der Waals surface area contributed by atoms with Gasteiger partial charge in [-0.3, -0.25) is 0 Å². The van der Waals surface area contributed by atoms with Crippen molar-refractivity contribution in [2.45, 2.75) is 44.8 Å². The first-order chi connectivity index (χ1) is 8.86. The van der Waals surface area contributed by atoms with Gasteiger partial charge in [-0.2, -0.15) is 4.31 Å². The molecule has 0 spiro atoms. The van der Waals surface area contributed by atoms with E-state index in [-0.39, 0.29) is 17.0 Å². The molecule has 1 aliphatic heterocycles. The van der Waals surface area contributed by atoms with Crippen LogP contribution in [0.15, 0.2) is 11.2 Å². The topological polar surface area (TPSA) is 81.2 Å². The Balaban J connectivity index is 2.23. The molecular formula is C12H22N4O2S. The minimum Gasteiger partial charge on any atom is -0.334 e. The Kier molecular flexibility index (Phi) is 3.98. The normalized spacial score (nSPS) is 22.8. The second-order valence-corrected chi connectivity index (χ2v) is 7.07. The molecule has 2 rings (SSSR count). The van der Waals surface area contributed by atoms with Gasteiger partial charge < -0.3 is 10.3 Å². The summed E-state index contributed by atoms with van der Waals surface area (Å²) in [4.78, 5) is 4.17. The van der Waals surface area contributed by atoms with Crippen LogP contribution in [0.25, 0.3) is 0 Å². The molecule has 6 nitrogen and oxygen atoms in total. The summed E-state index contributed by atoms with van der Waals surface area (Å²) in [5.41, 5.74) is 5.85. The third kappa shape index (κ3) is 2.68. The number of imidazole rings is 1. The molecular weight excluding hydrogens is 264 g/mol. The van der Waals surface area contributed by atoms with Crippen LogP contribution in [0, 0.1) is 12.8 Å². The monoisotopic (exact) mass is 286 g/mol. The van der Waals surface area contributed by atoms with E-state index in [0.29, 0.717) is 13.1 Å². The van der Waals surface area contributed by atoms with Crippen molar-refractivity contribution in [1.29, 1.82) is 0 Å². The molecule has 0 aromatic carbocycles. The van der Waals surface area contributed by atoms with Crippen molar-refractivity contribution in [1.82, 2.24) is 13.9 Å². The van der Waals surface area contributed by atoms with Gasteiger partial charge in [0.1, 0.15) is 5.82 Å². The van der Waals surface area contributed by atoms with Crippen LogP contribution in [-0.4, -0.2) is 41.4 Å². The molecule has 2 atom stereocenters. The summed E-state index contributed by atoms with van der Waals surface area (Å²) in [5, 5.41) is 0.150. The van der Waals surface area contributed by atoms with Gasteiger partial charge in [0.2, 0.25) is 0 Å². The standard InChI is InChI=1S/C12H22N4O2S/c1-4-15-8-12(14-10(15)3)19(17,18)16-6-5-11(7-16)9(2)13/h8-9,11H,4-7,13H2,1-3H3. The van der Waals surface area contributed by atoms with Gasteiger partial charge in [0, 0.05) is 31.9 Å². The minimum atomic E-state index is -3.47. The summed E-state index contributed by atoms with van der Waals surface area (Å²) >= 11 is 0. The molecule has 0 radical (unpaired) electrons. The molecule has 1 saturated heterocycles. The van der Waals surface area contributed by atoms with Gasteiger partial charge in [-0.15, -0.1) is 0 Å². The van der Waals surface area contributed by atoms with Crippen molar-refractivity contribution in [3.63, 3.8) is 0 Å². The maximum absolute atomic E-state index is 12.5. The molecule has 108 valence electrons. The zero-order valence-electron chi connectivity index (χ0n) is 11.7. The lowest BCUT2D eigenvalue weighted by atomic mass is 10.0. The second kappa shape index (κ2) is 5.22. The molecule has 2 unspecified atom stereocenters. The summed E-state index contributed by atoms with van der Waals surface area (Å²) in [7, 11) is -3.47. The summed E-state index contributed by atoms with van der Waals surface area (Å²) < 4.78 is 28.3. The number of hydrogen-bond donors (Lipinski definition) is 1. The van der Waals surface area contributed by atoms with Gasteiger partial charge in [0.25, 0.3) is 10.0 Å². The molecule has 0 amide bonds. The number of nitrogens with zero attached hydrogens (tertiary/aromatic N) is 3. The lowest BCUT2D eigenvalue weighted by molar-refractivity contribution is 0.427. The number of rotatable bonds is 4.